The fraction of sp³-hybridized carbons (Fsp3) is 0.135. The standard InChI is InChI=1S/2C20H20NOP.C9H12NO.CH2Cl2.2CH3.2Cu/c2*1-21(2)19-15-9-10-16-20(19)22-23(17-11-5-3-6-12-17)18-13-7-4-8-14-18;1-10(2)8-6-4-5-7-9(8)11-3;2-1-3;;;;/h2*3-16H,1-2H3;4-7H,3H2,1-2H3;1H2;2*1H3;;/q;;-1;;2*-1;;+1/p+1. The Balaban J connectivity index is 0.000000920. The third kappa shape index (κ3) is 19.1. The molecule has 0 aliphatic rings. The van der Waals surface area contributed by atoms with E-state index in [1.165, 1.54) is 21.2 Å². The van der Waals surface area contributed by atoms with Gasteiger partial charge < -0.3 is 43.3 Å². The molecule has 6 nitrogen and oxygen atoms in total. The summed E-state index contributed by atoms with van der Waals surface area (Å²) in [5.74, 6) is 2.65. The summed E-state index contributed by atoms with van der Waals surface area (Å²) in [6.45, 7) is 0. The predicted molar refractivity (Wildman–Crippen MR) is 278 cm³/mol. The van der Waals surface area contributed by atoms with Gasteiger partial charge in [0.05, 0.1) is 22.4 Å². The Kier molecular flexibility index (Phi) is 31.1. The number of ether oxygens (including phenoxy) is 1. The number of nitrogens with zero attached hydrogens (tertiary/aromatic N) is 3. The minimum absolute atomic E-state index is 0. The van der Waals surface area contributed by atoms with Crippen molar-refractivity contribution >= 4 is 77.8 Å². The Hall–Kier alpha value is -4.18. The van der Waals surface area contributed by atoms with E-state index >= 15 is 0 Å². The van der Waals surface area contributed by atoms with E-state index in [0.29, 0.717) is 0 Å². The maximum absolute atomic E-state index is 6.54. The fourth-order valence-corrected chi connectivity index (χ4v) is 9.52. The van der Waals surface area contributed by atoms with Crippen LogP contribution in [-0.4, -0.2) is 47.6 Å². The van der Waals surface area contributed by atoms with Gasteiger partial charge in [0.25, 0.3) is 0 Å². The van der Waals surface area contributed by atoms with Crippen molar-refractivity contribution in [2.45, 2.75) is 0 Å². The van der Waals surface area contributed by atoms with Crippen LogP contribution in [0.3, 0.4) is 0 Å². The zero-order valence-electron chi connectivity index (χ0n) is 37.8. The van der Waals surface area contributed by atoms with Gasteiger partial charge in [0.1, 0.15) is 22.1 Å². The minimum Gasteiger partial charge on any atom is -0.664 e. The van der Waals surface area contributed by atoms with Gasteiger partial charge in [0.15, 0.2) is 13.9 Å². The summed E-state index contributed by atoms with van der Waals surface area (Å²) in [5.41, 5.74) is 3.23. The van der Waals surface area contributed by atoms with Crippen molar-refractivity contribution in [3.05, 3.63) is 216 Å². The summed E-state index contributed by atoms with van der Waals surface area (Å²) in [6.07, 6.45) is 0. The number of hydrogen-bond donors (Lipinski definition) is 0. The van der Waals surface area contributed by atoms with Crippen molar-refractivity contribution in [1.29, 1.82) is 0 Å². The number of para-hydroxylation sites is 6. The summed E-state index contributed by atoms with van der Waals surface area (Å²) >= 11 is 9.53. The van der Waals surface area contributed by atoms with Gasteiger partial charge in [-0.3, -0.25) is 0 Å². The largest absolute Gasteiger partial charge is 1.00 e. The van der Waals surface area contributed by atoms with Crippen LogP contribution in [0.1, 0.15) is 0 Å². The molecule has 0 N–H and O–H groups in total. The summed E-state index contributed by atoms with van der Waals surface area (Å²) in [4.78, 5) is 6.16. The van der Waals surface area contributed by atoms with Gasteiger partial charge >= 0.3 is 17.1 Å². The molecule has 1 radical (unpaired) electrons. The first-order valence-corrected chi connectivity index (χ1v) is 23.0. The molecule has 0 atom stereocenters. The van der Waals surface area contributed by atoms with Gasteiger partial charge in [0.2, 0.25) is 8.15 Å². The van der Waals surface area contributed by atoms with Gasteiger partial charge in [-0.25, -0.2) is 0 Å². The molecule has 7 aromatic carbocycles. The third-order valence-corrected chi connectivity index (χ3v) is 12.7. The monoisotopic (exact) mass is 1030 g/mol. The van der Waals surface area contributed by atoms with E-state index < -0.39 is 16.3 Å². The molecule has 64 heavy (non-hydrogen) atoms. The van der Waals surface area contributed by atoms with Crippen molar-refractivity contribution in [3.63, 3.8) is 0 Å². The van der Waals surface area contributed by atoms with Crippen LogP contribution in [0, 0.1) is 22.0 Å². The topological polar surface area (TPSA) is 37.4 Å². The molecular weight excluding hydrogens is 975 g/mol. The second kappa shape index (κ2) is 33.3. The number of halogens is 2. The average molecular weight is 1040 g/mol. The first-order chi connectivity index (χ1) is 29.2. The fourth-order valence-electron chi connectivity index (χ4n) is 5.82. The molecule has 349 valence electrons. The van der Waals surface area contributed by atoms with Crippen molar-refractivity contribution in [2.24, 2.45) is 0 Å². The molecule has 0 spiro atoms. The molecule has 0 amide bonds. The van der Waals surface area contributed by atoms with Crippen LogP contribution in [-0.2, 0) is 34.1 Å². The molecule has 0 bridgehead atoms. The molecule has 7 aromatic rings. The maximum Gasteiger partial charge on any atom is 1.00 e. The predicted octanol–water partition coefficient (Wildman–Crippen LogP) is 12.3. The Bertz CT molecular complexity index is 2020. The van der Waals surface area contributed by atoms with Gasteiger partial charge in [-0.1, -0.05) is 133 Å². The molecule has 0 saturated carbocycles. The molecule has 0 unspecified atom stereocenters. The Morgan fingerprint density at radius 1 is 0.453 bits per heavy atom. The van der Waals surface area contributed by atoms with E-state index in [1.54, 1.807) is 0 Å². The Morgan fingerprint density at radius 2 is 0.734 bits per heavy atom. The van der Waals surface area contributed by atoms with Crippen LogP contribution in [0.4, 0.5) is 17.1 Å². The van der Waals surface area contributed by atoms with E-state index in [2.05, 4.69) is 126 Å². The van der Waals surface area contributed by atoms with Gasteiger partial charge in [-0.2, -0.15) is 7.11 Å². The third-order valence-electron chi connectivity index (χ3n) is 8.65. The molecule has 0 aliphatic heterocycles. The van der Waals surface area contributed by atoms with Gasteiger partial charge in [-0.05, 0) is 60.7 Å². The van der Waals surface area contributed by atoms with Crippen molar-refractivity contribution in [3.8, 4) is 17.2 Å². The van der Waals surface area contributed by atoms with E-state index in [0.717, 1.165) is 34.3 Å². The molecular formula is C52H61Cl2Cu2N3O3P2-. The molecule has 12 heteroatoms. The average Bonchev–Trinajstić information content (AvgIpc) is 3.29. The van der Waals surface area contributed by atoms with Crippen molar-refractivity contribution in [1.82, 2.24) is 0 Å². The number of anilines is 3. The van der Waals surface area contributed by atoms with Crippen LogP contribution in [0.15, 0.2) is 194 Å². The minimum atomic E-state index is -1.33. The van der Waals surface area contributed by atoms with Crippen LogP contribution in [0.25, 0.3) is 0 Å². The van der Waals surface area contributed by atoms with Crippen molar-refractivity contribution < 1.29 is 47.9 Å². The van der Waals surface area contributed by atoms with E-state index in [-0.39, 0.29) is 54.3 Å². The summed E-state index contributed by atoms with van der Waals surface area (Å²) < 4.78 is 18.0. The Labute approximate surface area is 418 Å². The number of benzene rings is 7. The number of rotatable bonds is 12. The first kappa shape index (κ1) is 59.8. The Morgan fingerprint density at radius 3 is 1.08 bits per heavy atom. The zero-order valence-corrected chi connectivity index (χ0v) is 43.1. The molecule has 0 saturated heterocycles. The van der Waals surface area contributed by atoms with Crippen LogP contribution >= 0.6 is 39.5 Å². The van der Waals surface area contributed by atoms with Crippen molar-refractivity contribution in [2.75, 3.05) is 62.3 Å². The van der Waals surface area contributed by atoms with E-state index in [4.69, 9.17) is 37.0 Å². The SMILES string of the molecule is CN(C)c1ccccc1OP(c1ccccc1)c1ccccc1.CN(C)c1ccccc1O[PH+](c1ccccc1)c1ccccc1.ClCCl.[CH2-]Oc1ccccc1N(C)C.[CH3-].[CH3-].[Cu+].[Cu]. The summed E-state index contributed by atoms with van der Waals surface area (Å²) in [6, 6.07) is 66.0. The van der Waals surface area contributed by atoms with Gasteiger partial charge in [0, 0.05) is 70.0 Å². The number of hydrogen-bond acceptors (Lipinski definition) is 6. The molecule has 0 fully saturated rings. The van der Waals surface area contributed by atoms with Gasteiger partial charge in [-0.15, -0.1) is 23.2 Å². The van der Waals surface area contributed by atoms with E-state index in [1.807, 2.05) is 132 Å². The smallest absolute Gasteiger partial charge is 0.664 e. The van der Waals surface area contributed by atoms with E-state index in [9.17, 15) is 0 Å². The summed E-state index contributed by atoms with van der Waals surface area (Å²) in [7, 11) is 13.2. The quantitative estimate of drug-likeness (QED) is 0.0525. The first-order valence-electron chi connectivity index (χ1n) is 19.2. The molecule has 0 aromatic heterocycles. The zero-order chi connectivity index (χ0) is 43.1. The van der Waals surface area contributed by atoms with Crippen LogP contribution in [0.5, 0.6) is 17.2 Å². The summed E-state index contributed by atoms with van der Waals surface area (Å²) in [5, 5.41) is 5.11. The number of alkyl halides is 2. The normalized spacial score (nSPS) is 9.48. The molecule has 0 heterocycles. The van der Waals surface area contributed by atoms with Crippen LogP contribution < -0.4 is 49.7 Å². The second-order valence-electron chi connectivity index (χ2n) is 13.6. The second-order valence-corrected chi connectivity index (χ2v) is 18.2. The molecule has 0 aliphatic carbocycles. The molecule has 7 rings (SSSR count). The van der Waals surface area contributed by atoms with Crippen LogP contribution in [0.2, 0.25) is 0 Å². The maximum atomic E-state index is 6.54.